The molecular formula is C99H80N4OSi2. The van der Waals surface area contributed by atoms with Crippen LogP contribution in [0, 0.1) is 13.2 Å². The summed E-state index contributed by atoms with van der Waals surface area (Å²) in [7, 11) is -9.92. The first kappa shape index (κ1) is 35.0. The second-order valence-electron chi connectivity index (χ2n) is 25.4. The molecule has 3 heterocycles. The van der Waals surface area contributed by atoms with Crippen LogP contribution in [0.1, 0.15) is 113 Å². The van der Waals surface area contributed by atoms with Gasteiger partial charge < -0.3 is 4.74 Å². The molecule has 18 rings (SSSR count). The van der Waals surface area contributed by atoms with Crippen molar-refractivity contribution in [1.29, 1.82) is 0 Å². The number of aromatic nitrogens is 4. The first-order valence-electron chi connectivity index (χ1n) is 54.0. The van der Waals surface area contributed by atoms with Crippen molar-refractivity contribution < 1.29 is 65.5 Å². The van der Waals surface area contributed by atoms with Gasteiger partial charge in [0.2, 0.25) is 0 Å². The van der Waals surface area contributed by atoms with Crippen LogP contribution in [0.2, 0.25) is 0 Å². The van der Waals surface area contributed by atoms with Gasteiger partial charge in [0, 0.05) is 54.6 Å². The van der Waals surface area contributed by atoms with E-state index < -0.39 is 267 Å². The fourth-order valence-corrected chi connectivity index (χ4v) is 23.0. The summed E-state index contributed by atoms with van der Waals surface area (Å²) in [6.45, 7) is -21.0. The molecule has 1 aliphatic rings. The maximum Gasteiger partial charge on any atom is 0.269 e. The Morgan fingerprint density at radius 3 is 1.62 bits per heavy atom. The summed E-state index contributed by atoms with van der Waals surface area (Å²) < 4.78 is 403. The predicted molar refractivity (Wildman–Crippen MR) is 446 cm³/mol. The number of fused-ring (bicyclic) bond motifs is 5. The van der Waals surface area contributed by atoms with E-state index >= 15 is 0 Å². The van der Waals surface area contributed by atoms with Crippen LogP contribution in [-0.2, 0) is 10.8 Å². The Morgan fingerprint density at radius 2 is 0.972 bits per heavy atom. The van der Waals surface area contributed by atoms with Gasteiger partial charge in [-0.15, -0.1) is 0 Å². The van der Waals surface area contributed by atoms with Crippen LogP contribution < -0.4 is 50.8 Å². The molecule has 0 amide bonds. The molecule has 17 aromatic rings. The van der Waals surface area contributed by atoms with Crippen molar-refractivity contribution in [2.45, 2.75) is 57.8 Å². The number of nitrogens with zero attached hydrogens (tertiary/aromatic N) is 4. The topological polar surface area (TPSA) is 35.9 Å². The predicted octanol–water partition coefficient (Wildman–Crippen LogP) is 18.4. The monoisotopic (exact) mass is 1440 g/mol. The lowest BCUT2D eigenvalue weighted by Gasteiger charge is -2.42. The average molecular weight is 1440 g/mol. The fraction of sp³-hybridized carbons (Fsp3) is 0.0909. The highest BCUT2D eigenvalue weighted by molar-refractivity contribution is 7.20. The second-order valence-corrected chi connectivity index (χ2v) is 32.7. The number of pyridine rings is 1. The number of benzene rings is 14. The smallest absolute Gasteiger partial charge is 0.269 e. The van der Waals surface area contributed by atoms with Crippen LogP contribution in [0.4, 0.5) is 0 Å². The van der Waals surface area contributed by atoms with Crippen molar-refractivity contribution in [3.8, 4) is 62.1 Å². The zero-order valence-electron chi connectivity index (χ0n) is 96.7. The van der Waals surface area contributed by atoms with Crippen molar-refractivity contribution in [2.24, 2.45) is 0 Å². The minimum Gasteiger partial charge on any atom is -0.458 e. The molecule has 0 N–H and O–H groups in total. The highest BCUT2D eigenvalue weighted by atomic mass is 28.3. The van der Waals surface area contributed by atoms with Gasteiger partial charge in [-0.25, -0.2) is 4.98 Å². The molecule has 0 spiro atoms. The maximum atomic E-state index is 11.1. The standard InChI is InChI=1S/C99H80N4OSi2/c1-70-62-96(100-68-89(70)72-33-29-49-84(64-72)106(80-42-18-9-19-43-80,81-44-20-10-21-45-81)82-46-22-11-23-47-82)103-92-53-25-24-50-87(92)88-58-57-76(67-95(88)103)104-75-35-30-34-74(66-75)101-69-102(94-55-27-26-54-93(94)101)97-85(51-31-52-86(97)73-56-59-90-91(65-73)99(4,5)61-60-98(90,2)3)71-32-28-48-83(63-71)105(77-36-12-6-13-37-77,78-38-14-7-15-39-78)79-40-16-8-17-41-79/h6-59,62-68H,60-61H2,1-5H3/i1D3,2D3,3D3,4D3,5D3,6D,7D,8D,12D,13D,14D,15D,16D,17D,28D,32D,36D,37D,38D,39D,40D,41D,48D,56D,59D,60D2,61D2,63D,65D. The highest BCUT2D eigenvalue weighted by Gasteiger charge is 2.44. The summed E-state index contributed by atoms with van der Waals surface area (Å²) in [6, 6.07) is 37.2. The molecule has 1 aliphatic carbocycles. The van der Waals surface area contributed by atoms with E-state index in [-0.39, 0.29) is 39.6 Å². The SMILES string of the molecule is [2H]c1c([2H])c([2H])c([Si](c2c([2H])c([2H])c([2H])c([2H])c2[2H])(c2c([2H])c([2H])c([2H])c([2H])c2[2H])c2c([2H])c([2H])c([2H])c(-c3cccc(-c4c([2H])c([2H])c5c(c4[2H])C(C([2H])([2H])[2H])(C([2H])([2H])[2H])C([2H])([2H])C([2H])([2H])C5(C([2H])([2H])[2H])C([2H])([2H])[2H])c3-[n+]3[c-]n(-c4cccc(Oc5ccc6c7ccccc7n(-c7cc(C([2H])([2H])[2H])c(-c8cccc([Si](c9ccccc9)(c9ccccc9)c9ccccc9)c8)cn7)c6c5)c4)c4ccccc43)c2[2H])c([2H])c1[2H]. The van der Waals surface area contributed by atoms with Gasteiger partial charge in [-0.1, -0.05) is 342 Å². The Kier molecular flexibility index (Phi) is 8.84. The van der Waals surface area contributed by atoms with E-state index in [0.717, 1.165) is 48.9 Å². The minimum absolute atomic E-state index is 0.0213. The Balaban J connectivity index is 0.897. The molecule has 3 aromatic heterocycles. The molecule has 510 valence electrons. The molecule has 0 aliphatic heterocycles. The first-order valence-corrected chi connectivity index (χ1v) is 37.5. The van der Waals surface area contributed by atoms with Crippen molar-refractivity contribution in [2.75, 3.05) is 0 Å². The highest BCUT2D eigenvalue weighted by Crippen LogP contribution is 2.48. The van der Waals surface area contributed by atoms with E-state index in [9.17, 15) is 43.9 Å². The number of aryl methyl sites for hydroxylation is 1. The summed E-state index contributed by atoms with van der Waals surface area (Å²) in [4.78, 5) is 5.10. The minimum atomic E-state index is -6.75. The molecule has 0 radical (unpaired) electrons. The second kappa shape index (κ2) is 26.8. The van der Waals surface area contributed by atoms with Crippen molar-refractivity contribution >= 4 is 90.5 Å². The van der Waals surface area contributed by atoms with E-state index in [1.807, 2.05) is 91.0 Å². The molecule has 14 aromatic carbocycles. The van der Waals surface area contributed by atoms with Crippen LogP contribution in [0.5, 0.6) is 11.5 Å². The largest absolute Gasteiger partial charge is 0.458 e. The van der Waals surface area contributed by atoms with Gasteiger partial charge in [0.15, 0.2) is 16.1 Å². The molecule has 0 saturated carbocycles. The van der Waals surface area contributed by atoms with Gasteiger partial charge in [-0.05, 0) is 159 Å². The van der Waals surface area contributed by atoms with Crippen LogP contribution in [0.3, 0.4) is 0 Å². The lowest BCUT2D eigenvalue weighted by Crippen LogP contribution is -2.74. The molecule has 7 heteroatoms. The lowest BCUT2D eigenvalue weighted by molar-refractivity contribution is -0.571. The summed E-state index contributed by atoms with van der Waals surface area (Å²) in [5, 5.41) is 0.523. The molecule has 106 heavy (non-hydrogen) atoms. The Morgan fingerprint density at radius 1 is 0.425 bits per heavy atom. The van der Waals surface area contributed by atoms with Crippen LogP contribution in [0.25, 0.3) is 83.4 Å². The molecule has 0 saturated heterocycles. The lowest BCUT2D eigenvalue weighted by atomic mass is 9.63. The van der Waals surface area contributed by atoms with Gasteiger partial charge in [0.1, 0.15) is 17.3 Å². The fourth-order valence-electron chi connectivity index (χ4n) is 14.6. The summed E-state index contributed by atoms with van der Waals surface area (Å²) >= 11 is 0. The number of ether oxygens (including phenoxy) is 1. The zero-order valence-corrected chi connectivity index (χ0v) is 57.7. The Hall–Kier alpha value is -12.3. The number of hydrogen-bond donors (Lipinski definition) is 0. The van der Waals surface area contributed by atoms with Gasteiger partial charge in [0.25, 0.3) is 6.33 Å². The van der Waals surface area contributed by atoms with Gasteiger partial charge >= 0.3 is 0 Å². The summed E-state index contributed by atoms with van der Waals surface area (Å²) in [5.41, 5.74) is -16.0. The van der Waals surface area contributed by atoms with E-state index in [1.165, 1.54) is 53.1 Å². The van der Waals surface area contributed by atoms with Crippen LogP contribution >= 0.6 is 0 Å². The molecule has 0 unspecified atom stereocenters. The molecular weight excluding hydrogens is 1320 g/mol. The summed E-state index contributed by atoms with van der Waals surface area (Å²) in [5.74, 6) is 0.438. The Labute approximate surface area is 680 Å². The number of hydrogen-bond acceptors (Lipinski definition) is 2. The van der Waals surface area contributed by atoms with E-state index in [2.05, 4.69) is 54.9 Å². The third-order valence-electron chi connectivity index (χ3n) is 19.3. The van der Waals surface area contributed by atoms with E-state index in [1.54, 1.807) is 35.0 Å². The number of imidazole rings is 1. The van der Waals surface area contributed by atoms with Crippen molar-refractivity contribution in [1.82, 2.24) is 14.1 Å². The van der Waals surface area contributed by atoms with Crippen LogP contribution in [-0.4, -0.2) is 30.3 Å². The summed E-state index contributed by atoms with van der Waals surface area (Å²) in [6.07, 6.45) is -4.94. The average Bonchev–Trinajstić information content (AvgIpc) is 0.943. The van der Waals surface area contributed by atoms with Crippen LogP contribution in [0.15, 0.2) is 370 Å². The third kappa shape index (κ3) is 11.2. The van der Waals surface area contributed by atoms with E-state index in [0.29, 0.717) is 27.5 Å². The third-order valence-corrected chi connectivity index (χ3v) is 28.1. The number of rotatable bonds is 16. The first-order chi connectivity index (χ1) is 68.9. The quantitative estimate of drug-likeness (QED) is 0.0418. The number of para-hydroxylation sites is 4. The molecule has 0 atom stereocenters. The van der Waals surface area contributed by atoms with Crippen molar-refractivity contribution in [3.05, 3.63) is 393 Å². The Bertz CT molecular complexity index is 7990. The van der Waals surface area contributed by atoms with Gasteiger partial charge in [0.05, 0.1) is 63.6 Å². The molecule has 5 nitrogen and oxygen atoms in total. The van der Waals surface area contributed by atoms with Gasteiger partial charge in [-0.3, -0.25) is 13.7 Å². The maximum absolute atomic E-state index is 11.1. The van der Waals surface area contributed by atoms with E-state index in [4.69, 9.17) is 22.1 Å². The molecule has 0 fully saturated rings. The zero-order chi connectivity index (χ0) is 107. The normalized spacial score (nSPS) is 20.5. The van der Waals surface area contributed by atoms with Gasteiger partial charge in [-0.2, -0.15) is 0 Å². The molecule has 0 bridgehead atoms. The van der Waals surface area contributed by atoms with Crippen molar-refractivity contribution in [3.63, 3.8) is 0 Å².